The number of halogens is 1. The van der Waals surface area contributed by atoms with E-state index in [4.69, 9.17) is 16.3 Å². The molecule has 6 nitrogen and oxygen atoms in total. The Balaban J connectivity index is 0.00000243. The first-order valence-electron chi connectivity index (χ1n) is 7.27. The molecule has 2 aromatic carbocycles. The normalized spacial score (nSPS) is 11.0. The monoisotopic (exact) mass is 400 g/mol. The maximum absolute atomic E-state index is 11.4. The maximum atomic E-state index is 11.4. The zero-order chi connectivity index (χ0) is 18.0. The summed E-state index contributed by atoms with van der Waals surface area (Å²) in [4.78, 5) is 5.67. The van der Waals surface area contributed by atoms with Crippen LogP contribution in [-0.2, 0) is 10.1 Å². The summed E-state index contributed by atoms with van der Waals surface area (Å²) in [5, 5.41) is 1.20. The van der Waals surface area contributed by atoms with Gasteiger partial charge >= 0.3 is 29.6 Å². The van der Waals surface area contributed by atoms with E-state index in [1.54, 1.807) is 54.7 Å². The van der Waals surface area contributed by atoms with Gasteiger partial charge in [-0.1, -0.05) is 11.6 Å². The van der Waals surface area contributed by atoms with E-state index in [1.807, 2.05) is 0 Å². The molecule has 0 saturated heterocycles. The van der Waals surface area contributed by atoms with Gasteiger partial charge in [0.15, 0.2) is 0 Å². The van der Waals surface area contributed by atoms with Crippen LogP contribution < -0.4 is 39.2 Å². The molecular weight excluding hydrogens is 387 g/mol. The van der Waals surface area contributed by atoms with Crippen LogP contribution in [0.3, 0.4) is 0 Å². The zero-order valence-corrected chi connectivity index (χ0v) is 17.8. The molecule has 9 heteroatoms. The van der Waals surface area contributed by atoms with Gasteiger partial charge in [-0.2, -0.15) is 0 Å². The van der Waals surface area contributed by atoms with Crippen molar-refractivity contribution in [2.75, 3.05) is 17.9 Å². The number of anilines is 2. The van der Waals surface area contributed by atoms with Crippen LogP contribution in [0.25, 0.3) is 10.9 Å². The van der Waals surface area contributed by atoms with Crippen molar-refractivity contribution in [1.29, 1.82) is 0 Å². The van der Waals surface area contributed by atoms with Crippen LogP contribution in [-0.4, -0.2) is 30.9 Å². The predicted octanol–water partition coefficient (Wildman–Crippen LogP) is 0.542. The van der Waals surface area contributed by atoms with Crippen molar-refractivity contribution in [3.8, 4) is 5.75 Å². The summed E-state index contributed by atoms with van der Waals surface area (Å²) in [5.74, 6) is -0.0822. The van der Waals surface area contributed by atoms with Crippen LogP contribution >= 0.6 is 11.6 Å². The summed E-state index contributed by atoms with van der Waals surface area (Å²) in [6.07, 6.45) is 1.54. The number of methoxy groups -OCH3 is 1. The minimum Gasteiger partial charge on any atom is -0.747 e. The van der Waals surface area contributed by atoms with E-state index in [-0.39, 0.29) is 29.6 Å². The Hall–Kier alpha value is -1.35. The first kappa shape index (κ1) is 21.0. The third-order valence-corrected chi connectivity index (χ3v) is 4.45. The Morgan fingerprint density at radius 3 is 2.46 bits per heavy atom. The summed E-state index contributed by atoms with van der Waals surface area (Å²) in [5.41, 5.74) is 1.70. The predicted molar refractivity (Wildman–Crippen MR) is 96.5 cm³/mol. The number of hydrogen-bond acceptors (Lipinski definition) is 6. The van der Waals surface area contributed by atoms with Gasteiger partial charge < -0.3 is 14.2 Å². The van der Waals surface area contributed by atoms with Crippen molar-refractivity contribution < 1.29 is 47.3 Å². The van der Waals surface area contributed by atoms with Gasteiger partial charge in [-0.3, -0.25) is 4.98 Å². The first-order valence-corrected chi connectivity index (χ1v) is 9.22. The molecule has 0 aliphatic carbocycles. The maximum Gasteiger partial charge on any atom is 1.00 e. The number of aromatic nitrogens is 1. The zero-order valence-electron chi connectivity index (χ0n) is 14.2. The fraction of sp³-hybridized carbons (Fsp3) is 0.118. The first-order chi connectivity index (χ1) is 11.9. The van der Waals surface area contributed by atoms with E-state index in [0.29, 0.717) is 33.0 Å². The Labute approximate surface area is 178 Å². The minimum atomic E-state index is -4.51. The Morgan fingerprint density at radius 1 is 1.15 bits per heavy atom. The van der Waals surface area contributed by atoms with Crippen LogP contribution in [0.2, 0.25) is 5.02 Å². The fourth-order valence-electron chi connectivity index (χ4n) is 2.54. The fourth-order valence-corrected chi connectivity index (χ4v) is 3.32. The average molecular weight is 401 g/mol. The van der Waals surface area contributed by atoms with Gasteiger partial charge in [0.05, 0.1) is 18.3 Å². The van der Waals surface area contributed by atoms with Crippen molar-refractivity contribution >= 4 is 44.0 Å². The third kappa shape index (κ3) is 4.88. The van der Waals surface area contributed by atoms with E-state index in [1.165, 1.54) is 12.0 Å². The van der Waals surface area contributed by atoms with Gasteiger partial charge in [-0.05, 0) is 48.5 Å². The molecule has 0 N–H and O–H groups in total. The molecule has 1 heterocycles. The molecule has 3 aromatic rings. The molecule has 0 radical (unpaired) electrons. The molecule has 0 unspecified atom stereocenters. The van der Waals surface area contributed by atoms with Crippen LogP contribution in [0.4, 0.5) is 11.4 Å². The average Bonchev–Trinajstić information content (AvgIpc) is 2.58. The molecule has 1 aromatic heterocycles. The summed E-state index contributed by atoms with van der Waals surface area (Å²) in [6, 6.07) is 13.5. The summed E-state index contributed by atoms with van der Waals surface area (Å²) in [6.45, 7) is 0. The van der Waals surface area contributed by atoms with Gasteiger partial charge in [-0.15, -0.1) is 0 Å². The van der Waals surface area contributed by atoms with Crippen molar-refractivity contribution in [3.05, 3.63) is 59.8 Å². The second kappa shape index (κ2) is 8.56. The van der Waals surface area contributed by atoms with E-state index < -0.39 is 16.0 Å². The topological polar surface area (TPSA) is 82.6 Å². The van der Waals surface area contributed by atoms with Crippen LogP contribution in [0.1, 0.15) is 0 Å². The SMILES string of the molecule is COc1ccc(N(CS(=O)(=O)[O-])c2ccnc3cc(Cl)ccc23)cc1.[Na+]. The number of ether oxygens (including phenoxy) is 1. The van der Waals surface area contributed by atoms with E-state index in [9.17, 15) is 13.0 Å². The van der Waals surface area contributed by atoms with Gasteiger partial charge in [0.1, 0.15) is 21.7 Å². The van der Waals surface area contributed by atoms with E-state index in [2.05, 4.69) is 4.98 Å². The Morgan fingerprint density at radius 2 is 1.85 bits per heavy atom. The second-order valence-corrected chi connectivity index (χ2v) is 7.11. The third-order valence-electron chi connectivity index (χ3n) is 3.64. The molecular formula is C17H14ClN2NaO4S. The van der Waals surface area contributed by atoms with Crippen molar-refractivity contribution in [3.63, 3.8) is 0 Å². The smallest absolute Gasteiger partial charge is 0.747 e. The summed E-state index contributed by atoms with van der Waals surface area (Å²) in [7, 11) is -2.98. The van der Waals surface area contributed by atoms with Crippen LogP contribution in [0.15, 0.2) is 54.7 Å². The molecule has 0 fully saturated rings. The van der Waals surface area contributed by atoms with Gasteiger partial charge in [0, 0.05) is 22.3 Å². The quantitative estimate of drug-likeness (QED) is 0.459. The molecule has 0 spiro atoms. The molecule has 0 aliphatic rings. The molecule has 26 heavy (non-hydrogen) atoms. The number of fused-ring (bicyclic) bond motifs is 1. The van der Waals surface area contributed by atoms with Crippen molar-refractivity contribution in [2.45, 2.75) is 0 Å². The van der Waals surface area contributed by atoms with Gasteiger partial charge in [-0.25, -0.2) is 8.42 Å². The van der Waals surface area contributed by atoms with Crippen LogP contribution in [0.5, 0.6) is 5.75 Å². The standard InChI is InChI=1S/C17H15ClN2O4S.Na/c1-24-14-5-3-13(4-6-14)20(11-25(21,22)23)17-8-9-19-16-10-12(18)2-7-15(16)17;/h2-10H,11H2,1H3,(H,21,22,23);/q;+1/p-1. The molecule has 130 valence electrons. The summed E-state index contributed by atoms with van der Waals surface area (Å²) < 4.78 is 39.4. The summed E-state index contributed by atoms with van der Waals surface area (Å²) >= 11 is 5.99. The second-order valence-electron chi connectivity index (χ2n) is 5.30. The minimum absolute atomic E-state index is 0. The number of benzene rings is 2. The molecule has 0 amide bonds. The van der Waals surface area contributed by atoms with E-state index >= 15 is 0 Å². The number of nitrogens with zero attached hydrogens (tertiary/aromatic N) is 2. The Kier molecular flexibility index (Phi) is 6.90. The van der Waals surface area contributed by atoms with E-state index in [0.717, 1.165) is 0 Å². The van der Waals surface area contributed by atoms with Crippen LogP contribution in [0, 0.1) is 0 Å². The van der Waals surface area contributed by atoms with Crippen molar-refractivity contribution in [2.24, 2.45) is 0 Å². The number of pyridine rings is 1. The molecule has 0 saturated carbocycles. The van der Waals surface area contributed by atoms with Gasteiger partial charge in [0.25, 0.3) is 0 Å². The molecule has 0 aliphatic heterocycles. The number of rotatable bonds is 5. The van der Waals surface area contributed by atoms with Crippen molar-refractivity contribution in [1.82, 2.24) is 4.98 Å². The molecule has 0 bridgehead atoms. The van der Waals surface area contributed by atoms with Gasteiger partial charge in [0.2, 0.25) is 0 Å². The molecule has 0 atom stereocenters. The Bertz CT molecular complexity index is 1010. The number of hydrogen-bond donors (Lipinski definition) is 0. The molecule has 3 rings (SSSR count). The largest absolute Gasteiger partial charge is 1.00 e.